The minimum atomic E-state index is -1.12. The maximum Gasteiger partial charge on any atom is 0.336 e. The Labute approximate surface area is 218 Å². The van der Waals surface area contributed by atoms with E-state index >= 15 is 0 Å². The number of guanidine groups is 1. The van der Waals surface area contributed by atoms with Gasteiger partial charge in [0.05, 0.1) is 6.54 Å². The molecule has 8 N–H and O–H groups in total. The molecule has 37 heavy (non-hydrogen) atoms. The van der Waals surface area contributed by atoms with Crippen molar-refractivity contribution in [1.29, 1.82) is 0 Å². The van der Waals surface area contributed by atoms with Crippen molar-refractivity contribution < 1.29 is 28.7 Å². The first-order chi connectivity index (χ1) is 17.0. The molecule has 0 aliphatic rings. The molecular weight excluding hydrogens is 508 g/mol. The van der Waals surface area contributed by atoms with Crippen LogP contribution in [0.3, 0.4) is 0 Å². The summed E-state index contributed by atoms with van der Waals surface area (Å²) in [4.78, 5) is 65.2. The molecule has 0 aliphatic heterocycles. The number of nitrogens with one attached hydrogen (secondary N) is 1. The van der Waals surface area contributed by atoms with Gasteiger partial charge in [-0.2, -0.15) is 0 Å². The van der Waals surface area contributed by atoms with Crippen molar-refractivity contribution >= 4 is 58.7 Å². The van der Waals surface area contributed by atoms with Gasteiger partial charge in [-0.05, 0) is 43.9 Å². The zero-order valence-electron chi connectivity index (χ0n) is 20.3. The fraction of sp³-hybridized carbons (Fsp3) is 0.391. The highest BCUT2D eigenvalue weighted by Gasteiger charge is 2.30. The largest absolute Gasteiger partial charge is 0.481 e. The molecular formula is C23H31ClN6O7. The van der Waals surface area contributed by atoms with Gasteiger partial charge >= 0.3 is 11.6 Å². The Morgan fingerprint density at radius 1 is 1.11 bits per heavy atom. The second-order valence-corrected chi connectivity index (χ2v) is 8.08. The lowest BCUT2D eigenvalue weighted by molar-refractivity contribution is -0.137. The number of carboxylic acids is 1. The summed E-state index contributed by atoms with van der Waals surface area (Å²) in [6.07, 6.45) is 0.266. The van der Waals surface area contributed by atoms with Crippen molar-refractivity contribution in [3.63, 3.8) is 0 Å². The Morgan fingerprint density at radius 3 is 2.43 bits per heavy atom. The number of aryl methyl sites for hydroxylation is 1. The van der Waals surface area contributed by atoms with Crippen LogP contribution in [0.1, 0.15) is 37.7 Å². The lowest BCUT2D eigenvalue weighted by atomic mass is 10.1. The summed E-state index contributed by atoms with van der Waals surface area (Å²) in [6, 6.07) is 4.88. The van der Waals surface area contributed by atoms with E-state index in [1.807, 2.05) is 0 Å². The number of rotatable bonds is 13. The first kappa shape index (κ1) is 30.9. The highest BCUT2D eigenvalue weighted by Crippen LogP contribution is 2.26. The van der Waals surface area contributed by atoms with Crippen LogP contribution in [0.5, 0.6) is 0 Å². The van der Waals surface area contributed by atoms with Crippen LogP contribution in [0.4, 0.5) is 5.69 Å². The molecule has 0 aliphatic carbocycles. The van der Waals surface area contributed by atoms with Gasteiger partial charge in [0.25, 0.3) is 0 Å². The first-order valence-electron chi connectivity index (χ1n) is 11.2. The number of halogens is 1. The maximum atomic E-state index is 13.2. The number of carboxylic acid groups (broad SMARTS) is 1. The molecule has 14 heteroatoms. The zero-order chi connectivity index (χ0) is 26.8. The van der Waals surface area contributed by atoms with Crippen molar-refractivity contribution in [2.75, 3.05) is 18.0 Å². The molecule has 0 bridgehead atoms. The summed E-state index contributed by atoms with van der Waals surface area (Å²) in [5.74, 6) is -3.13. The van der Waals surface area contributed by atoms with E-state index in [9.17, 15) is 24.0 Å². The van der Waals surface area contributed by atoms with Crippen molar-refractivity contribution in [3.05, 3.63) is 40.2 Å². The van der Waals surface area contributed by atoms with Gasteiger partial charge in [-0.3, -0.25) is 29.1 Å². The second kappa shape index (κ2) is 14.4. The molecule has 0 radical (unpaired) electrons. The van der Waals surface area contributed by atoms with Gasteiger partial charge in [-0.1, -0.05) is 0 Å². The van der Waals surface area contributed by atoms with Crippen molar-refractivity contribution in [2.24, 2.45) is 22.2 Å². The fourth-order valence-corrected chi connectivity index (χ4v) is 3.60. The lowest BCUT2D eigenvalue weighted by Gasteiger charge is -2.30. The number of carbonyl (C=O) groups is 4. The number of fused-ring (bicyclic) bond motifs is 1. The number of hydrogen-bond donors (Lipinski definition) is 5. The van der Waals surface area contributed by atoms with Crippen LogP contribution in [0.15, 0.2) is 38.5 Å². The number of primary amides is 1. The van der Waals surface area contributed by atoms with Crippen LogP contribution in [0, 0.1) is 6.92 Å². The average molecular weight is 539 g/mol. The number of nitrogens with zero attached hydrogens (tertiary/aromatic N) is 2. The molecule has 2 rings (SSSR count). The number of nitrogens with two attached hydrogens (primary N) is 3. The molecule has 0 saturated heterocycles. The highest BCUT2D eigenvalue weighted by atomic mass is 35.5. The van der Waals surface area contributed by atoms with Gasteiger partial charge < -0.3 is 32.0 Å². The molecule has 2 aromatic rings. The molecule has 0 spiro atoms. The number of amides is 3. The highest BCUT2D eigenvalue weighted by molar-refractivity contribution is 6.03. The Hall–Kier alpha value is -4.13. The molecule has 3 amide bonds. The van der Waals surface area contributed by atoms with Gasteiger partial charge in [-0.15, -0.1) is 12.4 Å². The van der Waals surface area contributed by atoms with Crippen LogP contribution >= 0.6 is 12.4 Å². The number of carbonyl (C=O) groups excluding carboxylic acids is 3. The lowest BCUT2D eigenvalue weighted by Crippen LogP contribution is -2.51. The quantitative estimate of drug-likeness (QED) is 0.101. The van der Waals surface area contributed by atoms with E-state index in [1.54, 1.807) is 19.1 Å². The Kier molecular flexibility index (Phi) is 12.1. The smallest absolute Gasteiger partial charge is 0.336 e. The van der Waals surface area contributed by atoms with Crippen molar-refractivity contribution in [2.45, 2.75) is 45.1 Å². The Morgan fingerprint density at radius 2 is 1.81 bits per heavy atom. The predicted octanol–water partition coefficient (Wildman–Crippen LogP) is 0.135. The third kappa shape index (κ3) is 9.44. The summed E-state index contributed by atoms with van der Waals surface area (Å²) >= 11 is 0. The number of aliphatic carboxylic acids is 1. The van der Waals surface area contributed by atoms with Crippen LogP contribution in [-0.4, -0.2) is 53.9 Å². The Bertz CT molecular complexity index is 1230. The maximum absolute atomic E-state index is 13.2. The van der Waals surface area contributed by atoms with E-state index in [0.717, 1.165) is 4.90 Å². The van der Waals surface area contributed by atoms with E-state index in [1.165, 1.54) is 12.1 Å². The van der Waals surface area contributed by atoms with Crippen LogP contribution in [-0.2, 0) is 19.2 Å². The van der Waals surface area contributed by atoms with Gasteiger partial charge in [0.2, 0.25) is 17.7 Å². The number of aliphatic imine (C=N–C) groups is 1. The van der Waals surface area contributed by atoms with Gasteiger partial charge in [0.1, 0.15) is 11.6 Å². The normalized spacial score (nSPS) is 11.2. The second-order valence-electron chi connectivity index (χ2n) is 8.08. The molecule has 1 aromatic heterocycles. The summed E-state index contributed by atoms with van der Waals surface area (Å²) in [7, 11) is 0. The van der Waals surface area contributed by atoms with Gasteiger partial charge in [0.15, 0.2) is 5.96 Å². The number of benzene rings is 1. The monoisotopic (exact) mass is 538 g/mol. The minimum absolute atomic E-state index is 0. The van der Waals surface area contributed by atoms with Crippen LogP contribution < -0.4 is 33.0 Å². The van der Waals surface area contributed by atoms with Crippen molar-refractivity contribution in [3.8, 4) is 0 Å². The van der Waals surface area contributed by atoms with Crippen LogP contribution in [0.25, 0.3) is 11.0 Å². The first-order valence-corrected chi connectivity index (χ1v) is 11.2. The molecule has 0 unspecified atom stereocenters. The number of hydrogen-bond acceptors (Lipinski definition) is 7. The summed E-state index contributed by atoms with van der Waals surface area (Å²) in [6.45, 7) is 1.46. The zero-order valence-corrected chi connectivity index (χ0v) is 21.1. The minimum Gasteiger partial charge on any atom is -0.481 e. The summed E-state index contributed by atoms with van der Waals surface area (Å²) < 4.78 is 5.27. The van der Waals surface area contributed by atoms with E-state index in [-0.39, 0.29) is 61.9 Å². The summed E-state index contributed by atoms with van der Waals surface area (Å²) in [5, 5.41) is 11.8. The van der Waals surface area contributed by atoms with E-state index in [0.29, 0.717) is 17.4 Å². The molecule has 1 atom stereocenters. The molecule has 1 heterocycles. The van der Waals surface area contributed by atoms with E-state index in [2.05, 4.69) is 10.3 Å². The molecule has 13 nitrogen and oxygen atoms in total. The SMILES string of the molecule is Cc1cc(=O)oc2cc(N(C(=O)CNC(=O)CCCC(=O)O)[C@@H](CCCN=C(N)N)C(N)=O)ccc12.Cl. The fourth-order valence-electron chi connectivity index (χ4n) is 3.60. The van der Waals surface area contributed by atoms with Crippen molar-refractivity contribution in [1.82, 2.24) is 5.32 Å². The molecule has 1 aromatic carbocycles. The summed E-state index contributed by atoms with van der Waals surface area (Å²) in [5.41, 5.74) is 16.8. The van der Waals surface area contributed by atoms with Gasteiger partial charge in [-0.25, -0.2) is 4.79 Å². The van der Waals surface area contributed by atoms with E-state index < -0.39 is 41.9 Å². The molecule has 202 valence electrons. The van der Waals surface area contributed by atoms with E-state index in [4.69, 9.17) is 26.7 Å². The topological polar surface area (TPSA) is 224 Å². The third-order valence-electron chi connectivity index (χ3n) is 5.28. The molecule has 0 saturated carbocycles. The standard InChI is InChI=1S/C23H30N6O7.ClH/c1-13-10-21(34)36-17-11-14(7-8-15(13)17)29(16(22(24)35)4-3-9-27-23(25)26)19(31)12-28-18(30)5-2-6-20(32)33;/h7-8,10-11,16H,2-6,9,12H2,1H3,(H2,24,35)(H,28,30)(H,32,33)(H4,25,26,27);1H/t16-;/m0./s1. The predicted molar refractivity (Wildman–Crippen MR) is 139 cm³/mol. The van der Waals surface area contributed by atoms with Gasteiger partial charge in [0, 0.05) is 42.6 Å². The molecule has 0 fully saturated rings. The Balaban J connectivity index is 0.00000684. The third-order valence-corrected chi connectivity index (χ3v) is 5.28. The average Bonchev–Trinajstić information content (AvgIpc) is 2.78. The van der Waals surface area contributed by atoms with Crippen LogP contribution in [0.2, 0.25) is 0 Å². The number of anilines is 1.